The molecule has 3 aromatic rings. The van der Waals surface area contributed by atoms with Gasteiger partial charge in [-0.3, -0.25) is 4.79 Å². The minimum atomic E-state index is -0.661. The van der Waals surface area contributed by atoms with Crippen molar-refractivity contribution in [3.63, 3.8) is 0 Å². The zero-order valence-electron chi connectivity index (χ0n) is 16.1. The van der Waals surface area contributed by atoms with Crippen LogP contribution < -0.4 is 5.63 Å². The van der Waals surface area contributed by atoms with Crippen LogP contribution in [0.2, 0.25) is 0 Å². The van der Waals surface area contributed by atoms with Crippen molar-refractivity contribution >= 4 is 22.8 Å². The molecule has 29 heavy (non-hydrogen) atoms. The third-order valence-electron chi connectivity index (χ3n) is 5.19. The molecule has 0 spiro atoms. The van der Waals surface area contributed by atoms with Crippen molar-refractivity contribution in [1.29, 1.82) is 0 Å². The van der Waals surface area contributed by atoms with Gasteiger partial charge in [0.2, 0.25) is 0 Å². The van der Waals surface area contributed by atoms with Crippen LogP contribution in [0.25, 0.3) is 11.0 Å². The highest BCUT2D eigenvalue weighted by atomic mass is 16.5. The molecule has 1 aliphatic rings. The highest BCUT2D eigenvalue weighted by Crippen LogP contribution is 2.23. The molecule has 0 saturated carbocycles. The van der Waals surface area contributed by atoms with E-state index in [9.17, 15) is 14.4 Å². The number of aryl methyl sites for hydroxylation is 1. The van der Waals surface area contributed by atoms with Crippen molar-refractivity contribution < 1.29 is 23.2 Å². The van der Waals surface area contributed by atoms with E-state index in [1.807, 2.05) is 25.1 Å². The van der Waals surface area contributed by atoms with Gasteiger partial charge in [-0.05, 0) is 43.0 Å². The molecule has 3 heterocycles. The van der Waals surface area contributed by atoms with E-state index in [1.165, 1.54) is 17.2 Å². The molecular formula is C22H21NO6. The number of fused-ring (bicyclic) bond motifs is 1. The van der Waals surface area contributed by atoms with Gasteiger partial charge in [-0.25, -0.2) is 9.59 Å². The molecule has 4 rings (SSSR count). The van der Waals surface area contributed by atoms with Crippen molar-refractivity contribution in [3.8, 4) is 0 Å². The van der Waals surface area contributed by atoms with Crippen LogP contribution in [0, 0.1) is 0 Å². The summed E-state index contributed by atoms with van der Waals surface area (Å²) in [7, 11) is 0. The van der Waals surface area contributed by atoms with E-state index in [-0.39, 0.29) is 18.3 Å². The van der Waals surface area contributed by atoms with Crippen LogP contribution in [-0.4, -0.2) is 29.4 Å². The first-order valence-corrected chi connectivity index (χ1v) is 9.63. The Bertz CT molecular complexity index is 1100. The molecule has 1 aromatic carbocycles. The fourth-order valence-electron chi connectivity index (χ4n) is 3.66. The van der Waals surface area contributed by atoms with Gasteiger partial charge in [0.15, 0.2) is 5.76 Å². The van der Waals surface area contributed by atoms with Crippen molar-refractivity contribution in [2.75, 3.05) is 6.54 Å². The molecule has 7 heteroatoms. The molecular weight excluding hydrogens is 374 g/mol. The Balaban J connectivity index is 1.51. The lowest BCUT2D eigenvalue weighted by molar-refractivity contribution is -0.149. The largest absolute Gasteiger partial charge is 0.459 e. The Morgan fingerprint density at radius 2 is 2.10 bits per heavy atom. The Labute approximate surface area is 166 Å². The van der Waals surface area contributed by atoms with Gasteiger partial charge in [0.25, 0.3) is 5.91 Å². The van der Waals surface area contributed by atoms with E-state index in [0.717, 1.165) is 17.4 Å². The molecule has 1 amide bonds. The number of rotatable bonds is 5. The Morgan fingerprint density at radius 1 is 1.24 bits per heavy atom. The van der Waals surface area contributed by atoms with E-state index < -0.39 is 17.6 Å². The fourth-order valence-corrected chi connectivity index (χ4v) is 3.66. The number of likely N-dealkylation sites (tertiary alicyclic amines) is 1. The number of hydrogen-bond donors (Lipinski definition) is 0. The van der Waals surface area contributed by atoms with Crippen LogP contribution in [0.15, 0.2) is 56.3 Å². The van der Waals surface area contributed by atoms with Crippen molar-refractivity contribution in [1.82, 2.24) is 4.90 Å². The smallest absolute Gasteiger partial charge is 0.336 e. The number of furan rings is 1. The first kappa shape index (κ1) is 19.0. The number of esters is 1. The minimum Gasteiger partial charge on any atom is -0.459 e. The highest BCUT2D eigenvalue weighted by molar-refractivity contribution is 5.95. The second-order valence-corrected chi connectivity index (χ2v) is 7.02. The fraction of sp³-hybridized carbons (Fsp3) is 0.318. The van der Waals surface area contributed by atoms with E-state index in [1.54, 1.807) is 12.1 Å². The minimum absolute atomic E-state index is 0.0638. The summed E-state index contributed by atoms with van der Waals surface area (Å²) in [4.78, 5) is 38.6. The Hall–Kier alpha value is -3.35. The average molecular weight is 395 g/mol. The van der Waals surface area contributed by atoms with Gasteiger partial charge in [-0.1, -0.05) is 19.1 Å². The summed E-state index contributed by atoms with van der Waals surface area (Å²) < 4.78 is 15.9. The maximum Gasteiger partial charge on any atom is 0.336 e. The summed E-state index contributed by atoms with van der Waals surface area (Å²) >= 11 is 0. The van der Waals surface area contributed by atoms with E-state index in [2.05, 4.69) is 0 Å². The third-order valence-corrected chi connectivity index (χ3v) is 5.19. The number of benzene rings is 1. The van der Waals surface area contributed by atoms with Gasteiger partial charge in [0, 0.05) is 23.6 Å². The molecule has 1 unspecified atom stereocenters. The van der Waals surface area contributed by atoms with Crippen LogP contribution >= 0.6 is 0 Å². The SMILES string of the molecule is CCc1ccc2c(COC(=O)C3CCCN3C(=O)c3ccco3)cc(=O)oc2c1. The summed E-state index contributed by atoms with van der Waals surface area (Å²) in [5.74, 6) is -0.621. The lowest BCUT2D eigenvalue weighted by atomic mass is 10.1. The van der Waals surface area contributed by atoms with E-state index >= 15 is 0 Å². The van der Waals surface area contributed by atoms with Gasteiger partial charge < -0.3 is 18.5 Å². The summed E-state index contributed by atoms with van der Waals surface area (Å²) in [6.45, 7) is 2.42. The molecule has 1 saturated heterocycles. The number of carbonyl (C=O) groups excluding carboxylic acids is 2. The van der Waals surface area contributed by atoms with Gasteiger partial charge in [0.05, 0.1) is 6.26 Å². The summed E-state index contributed by atoms with van der Waals surface area (Å²) in [6.07, 6.45) is 3.49. The molecule has 1 atom stereocenters. The van der Waals surface area contributed by atoms with Gasteiger partial charge >= 0.3 is 11.6 Å². The monoisotopic (exact) mass is 395 g/mol. The number of amides is 1. The van der Waals surface area contributed by atoms with Crippen LogP contribution in [0.3, 0.4) is 0 Å². The molecule has 0 N–H and O–H groups in total. The lowest BCUT2D eigenvalue weighted by Gasteiger charge is -2.22. The standard InChI is InChI=1S/C22H21NO6/c1-2-14-7-8-16-15(12-20(24)29-19(16)11-14)13-28-22(26)17-5-3-9-23(17)21(25)18-6-4-10-27-18/h4,6-8,10-12,17H,2-3,5,9,13H2,1H3. The first-order chi connectivity index (χ1) is 14.1. The second kappa shape index (κ2) is 7.95. The molecule has 1 fully saturated rings. The Morgan fingerprint density at radius 3 is 2.86 bits per heavy atom. The molecule has 0 aliphatic carbocycles. The van der Waals surface area contributed by atoms with Crippen molar-refractivity contribution in [2.45, 2.75) is 38.8 Å². The summed E-state index contributed by atoms with van der Waals surface area (Å²) in [6, 6.07) is 9.52. The molecule has 150 valence electrons. The maximum atomic E-state index is 12.7. The molecule has 7 nitrogen and oxygen atoms in total. The predicted molar refractivity (Wildman–Crippen MR) is 104 cm³/mol. The van der Waals surface area contributed by atoms with Crippen LogP contribution in [0.4, 0.5) is 0 Å². The first-order valence-electron chi connectivity index (χ1n) is 9.63. The summed E-state index contributed by atoms with van der Waals surface area (Å²) in [5.41, 5.74) is 1.60. The zero-order chi connectivity index (χ0) is 20.4. The van der Waals surface area contributed by atoms with Gasteiger partial charge in [0.1, 0.15) is 18.2 Å². The molecule has 1 aliphatic heterocycles. The van der Waals surface area contributed by atoms with Crippen LogP contribution in [0.5, 0.6) is 0 Å². The number of ether oxygens (including phenoxy) is 1. The van der Waals surface area contributed by atoms with E-state index in [0.29, 0.717) is 30.5 Å². The van der Waals surface area contributed by atoms with Crippen LogP contribution in [0.1, 0.15) is 41.4 Å². The summed E-state index contributed by atoms with van der Waals surface area (Å²) in [5, 5.41) is 0.726. The Kier molecular flexibility index (Phi) is 5.20. The average Bonchev–Trinajstić information content (AvgIpc) is 3.42. The molecule has 0 bridgehead atoms. The zero-order valence-corrected chi connectivity index (χ0v) is 16.1. The lowest BCUT2D eigenvalue weighted by Crippen LogP contribution is -2.41. The van der Waals surface area contributed by atoms with Gasteiger partial charge in [-0.2, -0.15) is 0 Å². The van der Waals surface area contributed by atoms with Crippen molar-refractivity contribution in [2.24, 2.45) is 0 Å². The quantitative estimate of drug-likeness (QED) is 0.486. The number of hydrogen-bond acceptors (Lipinski definition) is 6. The topological polar surface area (TPSA) is 90.0 Å². The maximum absolute atomic E-state index is 12.7. The molecule has 0 radical (unpaired) electrons. The predicted octanol–water partition coefficient (Wildman–Crippen LogP) is 3.30. The second-order valence-electron chi connectivity index (χ2n) is 7.02. The van der Waals surface area contributed by atoms with Crippen LogP contribution in [-0.2, 0) is 22.6 Å². The number of carbonyl (C=O) groups is 2. The van der Waals surface area contributed by atoms with Gasteiger partial charge in [-0.15, -0.1) is 0 Å². The van der Waals surface area contributed by atoms with Crippen molar-refractivity contribution in [3.05, 3.63) is 70.0 Å². The normalized spacial score (nSPS) is 16.3. The highest BCUT2D eigenvalue weighted by Gasteiger charge is 2.36. The van der Waals surface area contributed by atoms with E-state index in [4.69, 9.17) is 13.6 Å². The molecule has 2 aromatic heterocycles. The third kappa shape index (κ3) is 3.81. The number of nitrogens with zero attached hydrogens (tertiary/aromatic N) is 1.